The minimum Gasteiger partial charge on any atom is -0.456 e. The van der Waals surface area contributed by atoms with E-state index in [0.717, 1.165) is 44.3 Å². The van der Waals surface area contributed by atoms with Gasteiger partial charge in [0.1, 0.15) is 11.2 Å². The van der Waals surface area contributed by atoms with Crippen LogP contribution in [-0.2, 0) is 0 Å². The summed E-state index contributed by atoms with van der Waals surface area (Å²) in [6.45, 7) is 1.97. The summed E-state index contributed by atoms with van der Waals surface area (Å²) in [6.07, 6.45) is 1.87. The molecule has 4 nitrogen and oxygen atoms in total. The number of nitrogens with zero attached hydrogens (tertiary/aromatic N) is 1. The van der Waals surface area contributed by atoms with Gasteiger partial charge in [-0.3, -0.25) is 4.98 Å². The van der Waals surface area contributed by atoms with Crippen molar-refractivity contribution >= 4 is 34.5 Å². The topological polar surface area (TPSA) is 66.5 Å². The number of furan rings is 1. The summed E-state index contributed by atoms with van der Waals surface area (Å²) in [7, 11) is -1.61. The van der Waals surface area contributed by atoms with Crippen LogP contribution in [0.5, 0.6) is 0 Å². The summed E-state index contributed by atoms with van der Waals surface area (Å²) in [5.74, 6) is 0. The quantitative estimate of drug-likeness (QED) is 0.459. The highest BCUT2D eigenvalue weighted by Crippen LogP contribution is 2.32. The lowest BCUT2D eigenvalue weighted by Gasteiger charge is -2.08. The summed E-state index contributed by atoms with van der Waals surface area (Å²) in [6, 6.07) is 23.7. The van der Waals surface area contributed by atoms with Crippen molar-refractivity contribution in [2.75, 3.05) is 0 Å². The van der Waals surface area contributed by atoms with Gasteiger partial charge in [0, 0.05) is 33.7 Å². The first-order valence-corrected chi connectivity index (χ1v) is 9.45. The molecule has 2 aromatic heterocycles. The zero-order valence-corrected chi connectivity index (χ0v) is 15.8. The first kappa shape index (κ1) is 17.7. The van der Waals surface area contributed by atoms with Crippen LogP contribution in [0.25, 0.3) is 44.2 Å². The maximum atomic E-state index is 9.92. The van der Waals surface area contributed by atoms with Crippen LogP contribution in [0, 0.1) is 6.92 Å². The van der Waals surface area contributed by atoms with E-state index in [9.17, 15) is 10.0 Å². The highest BCUT2D eigenvalue weighted by Gasteiger charge is 2.21. The van der Waals surface area contributed by atoms with Crippen molar-refractivity contribution < 1.29 is 14.5 Å². The number of para-hydroxylation sites is 1. The molecule has 5 rings (SSSR count). The number of benzene rings is 3. The minimum absolute atomic E-state index is 0.362. The van der Waals surface area contributed by atoms with E-state index in [1.165, 1.54) is 0 Å². The van der Waals surface area contributed by atoms with Gasteiger partial charge < -0.3 is 14.5 Å². The van der Waals surface area contributed by atoms with Crippen LogP contribution < -0.4 is 5.46 Å². The maximum absolute atomic E-state index is 9.92. The fraction of sp³-hybridized carbons (Fsp3) is 0.0417. The van der Waals surface area contributed by atoms with E-state index in [2.05, 4.69) is 23.2 Å². The van der Waals surface area contributed by atoms with Crippen LogP contribution in [0.4, 0.5) is 0 Å². The number of hydrogen-bond donors (Lipinski definition) is 2. The zero-order valence-electron chi connectivity index (χ0n) is 15.8. The molecule has 0 aliphatic heterocycles. The summed E-state index contributed by atoms with van der Waals surface area (Å²) < 4.78 is 5.90. The number of aromatic nitrogens is 1. The molecule has 140 valence electrons. The van der Waals surface area contributed by atoms with Gasteiger partial charge in [-0.2, -0.15) is 0 Å². The molecule has 0 saturated heterocycles. The van der Waals surface area contributed by atoms with Gasteiger partial charge in [-0.1, -0.05) is 54.6 Å². The number of fused-ring (bicyclic) bond motifs is 3. The van der Waals surface area contributed by atoms with Gasteiger partial charge in [0.15, 0.2) is 0 Å². The predicted molar refractivity (Wildman–Crippen MR) is 117 cm³/mol. The van der Waals surface area contributed by atoms with Crippen molar-refractivity contribution in [3.05, 3.63) is 84.7 Å². The Bertz CT molecular complexity index is 1320. The van der Waals surface area contributed by atoms with Crippen LogP contribution in [0.1, 0.15) is 5.69 Å². The first-order chi connectivity index (χ1) is 14.1. The number of aryl methyl sites for hydroxylation is 1. The van der Waals surface area contributed by atoms with Gasteiger partial charge in [-0.15, -0.1) is 0 Å². The Morgan fingerprint density at radius 3 is 2.14 bits per heavy atom. The SMILES string of the molecule is Cc1ccc(-c2ccc(-c3cc(B(O)O)c4oc5ccccc5c4c3)cc2)cn1. The highest BCUT2D eigenvalue weighted by atomic mass is 16.4. The molecule has 0 radical (unpaired) electrons. The van der Waals surface area contributed by atoms with Gasteiger partial charge in [-0.25, -0.2) is 0 Å². The Balaban J connectivity index is 1.64. The molecule has 0 aliphatic carbocycles. The Hall–Kier alpha value is -3.41. The van der Waals surface area contributed by atoms with Crippen LogP contribution in [0.3, 0.4) is 0 Å². The zero-order chi connectivity index (χ0) is 20.0. The van der Waals surface area contributed by atoms with Gasteiger partial charge >= 0.3 is 7.12 Å². The third-order valence-electron chi connectivity index (χ3n) is 5.25. The average molecular weight is 379 g/mol. The van der Waals surface area contributed by atoms with Gasteiger partial charge in [0.05, 0.1) is 0 Å². The molecule has 0 saturated carbocycles. The molecule has 0 aliphatic rings. The van der Waals surface area contributed by atoms with E-state index in [1.54, 1.807) is 6.07 Å². The first-order valence-electron chi connectivity index (χ1n) is 9.45. The average Bonchev–Trinajstić information content (AvgIpc) is 3.12. The van der Waals surface area contributed by atoms with E-state index in [0.29, 0.717) is 11.0 Å². The van der Waals surface area contributed by atoms with Crippen molar-refractivity contribution in [3.8, 4) is 22.3 Å². The molecular formula is C24H18BNO3. The predicted octanol–water partition coefficient (Wildman–Crippen LogP) is 4.30. The van der Waals surface area contributed by atoms with Gasteiger partial charge in [0.2, 0.25) is 0 Å². The molecule has 2 heterocycles. The smallest absolute Gasteiger partial charge is 0.456 e. The normalized spacial score (nSPS) is 11.3. The molecule has 0 spiro atoms. The third-order valence-corrected chi connectivity index (χ3v) is 5.25. The number of pyridine rings is 1. The standard InChI is InChI=1S/C24H18BNO3/c1-15-6-7-18(14-26-15)16-8-10-17(11-9-16)19-12-21-20-4-2-3-5-23(20)29-24(21)22(13-19)25(27)28/h2-14,27-28H,1H3. The maximum Gasteiger partial charge on any atom is 0.492 e. The second kappa shape index (κ2) is 6.89. The summed E-state index contributed by atoms with van der Waals surface area (Å²) in [4.78, 5) is 4.36. The monoisotopic (exact) mass is 379 g/mol. The molecule has 3 aromatic carbocycles. The second-order valence-electron chi connectivity index (χ2n) is 7.18. The fourth-order valence-electron chi connectivity index (χ4n) is 3.71. The summed E-state index contributed by atoms with van der Waals surface area (Å²) in [5, 5.41) is 21.7. The minimum atomic E-state index is -1.61. The highest BCUT2D eigenvalue weighted by molar-refractivity contribution is 6.62. The second-order valence-corrected chi connectivity index (χ2v) is 7.18. The van der Waals surface area contributed by atoms with E-state index < -0.39 is 7.12 Å². The fourth-order valence-corrected chi connectivity index (χ4v) is 3.71. The van der Waals surface area contributed by atoms with Gasteiger partial charge in [0.25, 0.3) is 0 Å². The van der Waals surface area contributed by atoms with Crippen molar-refractivity contribution in [2.24, 2.45) is 0 Å². The molecular weight excluding hydrogens is 361 g/mol. The molecule has 0 unspecified atom stereocenters. The van der Waals surface area contributed by atoms with Crippen LogP contribution in [0.2, 0.25) is 0 Å². The molecule has 0 atom stereocenters. The summed E-state index contributed by atoms with van der Waals surface area (Å²) >= 11 is 0. The molecule has 5 heteroatoms. The molecule has 29 heavy (non-hydrogen) atoms. The molecule has 0 amide bonds. The molecule has 2 N–H and O–H groups in total. The lowest BCUT2D eigenvalue weighted by atomic mass is 9.77. The number of hydrogen-bond acceptors (Lipinski definition) is 4. The summed E-state index contributed by atoms with van der Waals surface area (Å²) in [5.41, 5.74) is 6.62. The largest absolute Gasteiger partial charge is 0.492 e. The van der Waals surface area contributed by atoms with Crippen molar-refractivity contribution in [1.82, 2.24) is 4.98 Å². The van der Waals surface area contributed by atoms with Gasteiger partial charge in [-0.05, 0) is 41.8 Å². The van der Waals surface area contributed by atoms with Crippen molar-refractivity contribution in [2.45, 2.75) is 6.92 Å². The molecule has 0 fully saturated rings. The van der Waals surface area contributed by atoms with Crippen molar-refractivity contribution in [3.63, 3.8) is 0 Å². The van der Waals surface area contributed by atoms with E-state index in [1.807, 2.05) is 61.7 Å². The number of rotatable bonds is 3. The third kappa shape index (κ3) is 3.10. The molecule has 5 aromatic rings. The Morgan fingerprint density at radius 2 is 1.45 bits per heavy atom. The Labute approximate surface area is 168 Å². The lowest BCUT2D eigenvalue weighted by molar-refractivity contribution is 0.425. The molecule has 0 bridgehead atoms. The Kier molecular flexibility index (Phi) is 4.20. The van der Waals surface area contributed by atoms with Crippen LogP contribution >= 0.6 is 0 Å². The van der Waals surface area contributed by atoms with E-state index in [4.69, 9.17) is 4.42 Å². The van der Waals surface area contributed by atoms with Crippen LogP contribution in [0.15, 0.2) is 83.4 Å². The van der Waals surface area contributed by atoms with E-state index >= 15 is 0 Å². The lowest BCUT2D eigenvalue weighted by Crippen LogP contribution is -2.30. The van der Waals surface area contributed by atoms with E-state index in [-0.39, 0.29) is 0 Å². The van der Waals surface area contributed by atoms with Crippen LogP contribution in [-0.4, -0.2) is 22.2 Å². The Morgan fingerprint density at radius 1 is 0.759 bits per heavy atom. The van der Waals surface area contributed by atoms with Crippen molar-refractivity contribution in [1.29, 1.82) is 0 Å².